The molecule has 1 N–H and O–H groups in total. The van der Waals surface area contributed by atoms with Crippen molar-refractivity contribution in [1.29, 1.82) is 0 Å². The third-order valence-corrected chi connectivity index (χ3v) is 7.59. The Morgan fingerprint density at radius 3 is 2.39 bits per heavy atom. The van der Waals surface area contributed by atoms with Crippen molar-refractivity contribution in [2.24, 2.45) is 0 Å². The van der Waals surface area contributed by atoms with Gasteiger partial charge in [-0.3, -0.25) is 0 Å². The van der Waals surface area contributed by atoms with Crippen LogP contribution in [0.1, 0.15) is 25.0 Å². The predicted molar refractivity (Wildman–Crippen MR) is 62.1 cm³/mol. The predicted octanol–water partition coefficient (Wildman–Crippen LogP) is 1.31. The van der Waals surface area contributed by atoms with E-state index in [-0.39, 0.29) is 10.0 Å². The molecule has 0 unspecified atom stereocenters. The van der Waals surface area contributed by atoms with Crippen molar-refractivity contribution in [3.63, 3.8) is 0 Å². The second-order valence-electron chi connectivity index (χ2n) is 3.45. The summed E-state index contributed by atoms with van der Waals surface area (Å²) in [6.07, 6.45) is -0.648. The Morgan fingerprint density at radius 2 is 1.89 bits per heavy atom. The number of benzene rings is 1. The van der Waals surface area contributed by atoms with Crippen molar-refractivity contribution in [2.45, 2.75) is 25.0 Å². The van der Waals surface area contributed by atoms with Gasteiger partial charge in [-0.25, -0.2) is 0 Å². The standard InChI is InChI=1S/C10H11F3O3SSe/c1-2-8(14)7-5-3-4-6-9(7)18-17(15,16)10(11,12)13/h3-6,8,14H,2H2,1H3/t8-/m0/s1. The van der Waals surface area contributed by atoms with Gasteiger partial charge in [-0.15, -0.1) is 0 Å². The molecule has 8 heteroatoms. The fourth-order valence-electron chi connectivity index (χ4n) is 1.22. The number of rotatable bonds is 4. The van der Waals surface area contributed by atoms with Gasteiger partial charge in [-0.1, -0.05) is 0 Å². The van der Waals surface area contributed by atoms with Gasteiger partial charge in [0, 0.05) is 0 Å². The molecule has 1 rings (SSSR count). The summed E-state index contributed by atoms with van der Waals surface area (Å²) in [5, 5.41) is 9.64. The molecule has 0 spiro atoms. The monoisotopic (exact) mass is 348 g/mol. The summed E-state index contributed by atoms with van der Waals surface area (Å²) in [5.41, 5.74) is -5.01. The Morgan fingerprint density at radius 1 is 1.33 bits per heavy atom. The molecule has 0 aliphatic carbocycles. The normalized spacial score (nSPS) is 14.5. The van der Waals surface area contributed by atoms with Crippen LogP contribution in [0.3, 0.4) is 0 Å². The van der Waals surface area contributed by atoms with Crippen LogP contribution in [0.2, 0.25) is 0 Å². The van der Waals surface area contributed by atoms with Crippen LogP contribution in [0, 0.1) is 0 Å². The van der Waals surface area contributed by atoms with E-state index in [1.165, 1.54) is 18.2 Å². The molecular formula is C10H11F3O3SSe. The quantitative estimate of drug-likeness (QED) is 0.836. The number of hydrogen-bond donors (Lipinski definition) is 1. The molecule has 0 heterocycles. The number of alkyl halides is 3. The molecule has 18 heavy (non-hydrogen) atoms. The zero-order chi connectivity index (χ0) is 14.0. The molecule has 0 fully saturated rings. The summed E-state index contributed by atoms with van der Waals surface area (Å²) in [6, 6.07) is 5.75. The number of aliphatic hydroxyl groups excluding tert-OH is 1. The summed E-state index contributed by atoms with van der Waals surface area (Å²) in [4.78, 5) is 0. The second kappa shape index (κ2) is 5.61. The summed E-state index contributed by atoms with van der Waals surface area (Å²) in [5.74, 6) is 0. The van der Waals surface area contributed by atoms with Gasteiger partial charge >= 0.3 is 108 Å². The number of aliphatic hydroxyl groups is 1. The van der Waals surface area contributed by atoms with Gasteiger partial charge in [0.25, 0.3) is 0 Å². The fourth-order valence-corrected chi connectivity index (χ4v) is 5.33. The van der Waals surface area contributed by atoms with Crippen LogP contribution < -0.4 is 4.46 Å². The Balaban J connectivity index is 3.13. The van der Waals surface area contributed by atoms with Crippen LogP contribution in [0.15, 0.2) is 24.3 Å². The summed E-state index contributed by atoms with van der Waals surface area (Å²) >= 11 is -1.79. The van der Waals surface area contributed by atoms with Gasteiger partial charge in [0.2, 0.25) is 0 Å². The summed E-state index contributed by atoms with van der Waals surface area (Å²) in [6.45, 7) is 1.66. The molecule has 1 aromatic carbocycles. The first-order valence-corrected chi connectivity index (χ1v) is 9.33. The van der Waals surface area contributed by atoms with Crippen LogP contribution in [0.25, 0.3) is 0 Å². The molecule has 3 nitrogen and oxygen atoms in total. The molecule has 1 atom stereocenters. The third-order valence-electron chi connectivity index (χ3n) is 2.15. The van der Waals surface area contributed by atoms with E-state index >= 15 is 0 Å². The zero-order valence-corrected chi connectivity index (χ0v) is 11.8. The first kappa shape index (κ1) is 15.5. The Hall–Kier alpha value is -0.561. The van der Waals surface area contributed by atoms with Gasteiger partial charge in [-0.2, -0.15) is 0 Å². The van der Waals surface area contributed by atoms with E-state index in [2.05, 4.69) is 0 Å². The molecule has 102 valence electrons. The van der Waals surface area contributed by atoms with E-state index in [0.29, 0.717) is 6.42 Å². The van der Waals surface area contributed by atoms with Gasteiger partial charge < -0.3 is 0 Å². The van der Waals surface area contributed by atoms with E-state index in [1.54, 1.807) is 13.0 Å². The minimum atomic E-state index is -5.25. The van der Waals surface area contributed by atoms with Crippen LogP contribution in [0.4, 0.5) is 13.2 Å². The first-order chi connectivity index (χ1) is 8.19. The van der Waals surface area contributed by atoms with Gasteiger partial charge in [0.15, 0.2) is 0 Å². The Labute approximate surface area is 108 Å². The molecule has 0 aliphatic rings. The van der Waals surface area contributed by atoms with Crippen LogP contribution >= 0.6 is 0 Å². The molecule has 0 bridgehead atoms. The second-order valence-corrected chi connectivity index (χ2v) is 9.72. The van der Waals surface area contributed by atoms with Gasteiger partial charge in [0.05, 0.1) is 0 Å². The SMILES string of the molecule is CC[C@H](O)c1ccccc1[Se]S(=O)(=O)C(F)(F)F. The zero-order valence-electron chi connectivity index (χ0n) is 9.31. The maximum atomic E-state index is 12.3. The van der Waals surface area contributed by atoms with Crippen molar-refractivity contribution in [3.8, 4) is 0 Å². The van der Waals surface area contributed by atoms with E-state index in [9.17, 15) is 26.7 Å². The van der Waals surface area contributed by atoms with Crippen molar-refractivity contribution >= 4 is 26.6 Å². The average molecular weight is 347 g/mol. The fraction of sp³-hybridized carbons (Fsp3) is 0.400. The number of hydrogen-bond acceptors (Lipinski definition) is 3. The molecule has 0 amide bonds. The Kier molecular flexibility index (Phi) is 4.83. The molecule has 0 saturated heterocycles. The van der Waals surface area contributed by atoms with Crippen LogP contribution in [0.5, 0.6) is 0 Å². The molecule has 1 aromatic rings. The molecule has 0 aliphatic heterocycles. The van der Waals surface area contributed by atoms with E-state index in [1.807, 2.05) is 0 Å². The average Bonchev–Trinajstić information content (AvgIpc) is 2.26. The van der Waals surface area contributed by atoms with Crippen molar-refractivity contribution in [2.75, 3.05) is 0 Å². The minimum absolute atomic E-state index is 0.0386. The van der Waals surface area contributed by atoms with E-state index in [0.717, 1.165) is 0 Å². The molecular weight excluding hydrogens is 336 g/mol. The van der Waals surface area contributed by atoms with Gasteiger partial charge in [0.1, 0.15) is 0 Å². The van der Waals surface area contributed by atoms with Crippen LogP contribution in [-0.2, 0) is 8.26 Å². The maximum absolute atomic E-state index is 12.3. The van der Waals surface area contributed by atoms with Crippen molar-refractivity contribution < 1.29 is 26.7 Å². The Bertz CT molecular complexity index is 513. The van der Waals surface area contributed by atoms with E-state index < -0.39 is 33.7 Å². The van der Waals surface area contributed by atoms with E-state index in [4.69, 9.17) is 0 Å². The molecule has 0 aromatic heterocycles. The summed E-state index contributed by atoms with van der Waals surface area (Å²) < 4.78 is 59.1. The van der Waals surface area contributed by atoms with Crippen LogP contribution in [-0.4, -0.2) is 32.9 Å². The number of halogens is 3. The molecule has 0 saturated carbocycles. The van der Waals surface area contributed by atoms with Gasteiger partial charge in [-0.05, 0) is 0 Å². The topological polar surface area (TPSA) is 54.4 Å². The van der Waals surface area contributed by atoms with Crippen molar-refractivity contribution in [1.82, 2.24) is 0 Å². The third kappa shape index (κ3) is 3.47. The van der Waals surface area contributed by atoms with Crippen molar-refractivity contribution in [3.05, 3.63) is 29.8 Å². The summed E-state index contributed by atoms with van der Waals surface area (Å²) in [7, 11) is -5.16. The molecule has 0 radical (unpaired) electrons. The first-order valence-electron chi connectivity index (χ1n) is 4.96.